The lowest BCUT2D eigenvalue weighted by Gasteiger charge is -2.09. The van der Waals surface area contributed by atoms with Gasteiger partial charge in [0, 0.05) is 17.7 Å². The molecule has 3 nitrogen and oxygen atoms in total. The van der Waals surface area contributed by atoms with Gasteiger partial charge in [0.05, 0.1) is 12.1 Å². The molecule has 0 amide bonds. The second-order valence-corrected chi connectivity index (χ2v) is 4.63. The Labute approximate surface area is 121 Å². The van der Waals surface area contributed by atoms with Crippen molar-refractivity contribution < 1.29 is 9.47 Å². The molecule has 0 aliphatic carbocycles. The zero-order valence-electron chi connectivity index (χ0n) is 10.2. The van der Waals surface area contributed by atoms with Crippen LogP contribution in [0.2, 0.25) is 5.02 Å². The third-order valence-electron chi connectivity index (χ3n) is 2.48. The summed E-state index contributed by atoms with van der Waals surface area (Å²) in [6.07, 6.45) is 0. The first kappa shape index (κ1) is 13.6. The Morgan fingerprint density at radius 3 is 2.42 bits per heavy atom. The minimum atomic E-state index is 0.262. The van der Waals surface area contributed by atoms with Crippen molar-refractivity contribution in [3.63, 3.8) is 0 Å². The molecule has 0 aliphatic heterocycles. The van der Waals surface area contributed by atoms with Gasteiger partial charge >= 0.3 is 0 Å². The molecule has 0 atom stereocenters. The second-order valence-electron chi connectivity index (χ2n) is 3.79. The molecule has 0 unspecified atom stereocenters. The van der Waals surface area contributed by atoms with Crippen LogP contribution in [0.15, 0.2) is 42.5 Å². The first-order chi connectivity index (χ1) is 9.10. The highest BCUT2D eigenvalue weighted by Crippen LogP contribution is 2.28. The Kier molecular flexibility index (Phi) is 4.24. The van der Waals surface area contributed by atoms with Gasteiger partial charge in [-0.1, -0.05) is 29.9 Å². The molecule has 0 aromatic heterocycles. The smallest absolute Gasteiger partial charge is 0.131 e. The van der Waals surface area contributed by atoms with Crippen LogP contribution < -0.4 is 15.2 Å². The molecule has 0 spiro atoms. The molecule has 0 radical (unpaired) electrons. The van der Waals surface area contributed by atoms with Crippen LogP contribution in [0, 0.1) is 0 Å². The standard InChI is InChI=1S/C14H12ClNO2S/c1-17-9-3-2-4-10(7-9)18-11-5-6-12(14(16)19)13(15)8-11/h2-8H,1H3,(H2,16,19). The molecule has 0 saturated carbocycles. The number of rotatable bonds is 4. The van der Waals surface area contributed by atoms with E-state index in [9.17, 15) is 0 Å². The number of thiocarbonyl (C=S) groups is 1. The summed E-state index contributed by atoms with van der Waals surface area (Å²) in [5.41, 5.74) is 6.18. The number of halogens is 1. The highest BCUT2D eigenvalue weighted by Gasteiger charge is 2.06. The average molecular weight is 294 g/mol. The van der Waals surface area contributed by atoms with Crippen molar-refractivity contribution in [3.8, 4) is 17.2 Å². The van der Waals surface area contributed by atoms with Crippen molar-refractivity contribution in [1.29, 1.82) is 0 Å². The maximum absolute atomic E-state index is 6.08. The summed E-state index contributed by atoms with van der Waals surface area (Å²) >= 11 is 11.0. The summed E-state index contributed by atoms with van der Waals surface area (Å²) in [5, 5.41) is 0.466. The van der Waals surface area contributed by atoms with Crippen LogP contribution in [0.5, 0.6) is 17.2 Å². The fraction of sp³-hybridized carbons (Fsp3) is 0.0714. The van der Waals surface area contributed by atoms with Gasteiger partial charge in [0.25, 0.3) is 0 Å². The van der Waals surface area contributed by atoms with Crippen LogP contribution in [0.4, 0.5) is 0 Å². The molecule has 5 heteroatoms. The van der Waals surface area contributed by atoms with E-state index in [1.807, 2.05) is 18.2 Å². The van der Waals surface area contributed by atoms with Crippen LogP contribution in [-0.4, -0.2) is 12.1 Å². The van der Waals surface area contributed by atoms with Crippen molar-refractivity contribution in [2.24, 2.45) is 5.73 Å². The van der Waals surface area contributed by atoms with Gasteiger partial charge in [0.2, 0.25) is 0 Å². The van der Waals surface area contributed by atoms with Gasteiger partial charge in [0.15, 0.2) is 0 Å². The minimum absolute atomic E-state index is 0.262. The lowest BCUT2D eigenvalue weighted by atomic mass is 10.2. The van der Waals surface area contributed by atoms with Gasteiger partial charge in [0.1, 0.15) is 22.2 Å². The van der Waals surface area contributed by atoms with Crippen molar-refractivity contribution in [2.45, 2.75) is 0 Å². The van der Waals surface area contributed by atoms with Gasteiger partial charge < -0.3 is 15.2 Å². The molecular weight excluding hydrogens is 282 g/mol. The molecule has 0 aliphatic rings. The highest BCUT2D eigenvalue weighted by atomic mass is 35.5. The predicted octanol–water partition coefficient (Wildman–Crippen LogP) is 3.78. The largest absolute Gasteiger partial charge is 0.497 e. The molecular formula is C14H12ClNO2S. The third-order valence-corrected chi connectivity index (χ3v) is 3.02. The van der Waals surface area contributed by atoms with Crippen molar-refractivity contribution in [3.05, 3.63) is 53.1 Å². The van der Waals surface area contributed by atoms with E-state index in [4.69, 9.17) is 39.0 Å². The lowest BCUT2D eigenvalue weighted by Crippen LogP contribution is -2.09. The molecule has 19 heavy (non-hydrogen) atoms. The summed E-state index contributed by atoms with van der Waals surface area (Å²) in [5.74, 6) is 2.00. The second kappa shape index (κ2) is 5.91. The number of hydrogen-bond acceptors (Lipinski definition) is 3. The Hall–Kier alpha value is -1.78. The fourth-order valence-electron chi connectivity index (χ4n) is 1.56. The summed E-state index contributed by atoms with van der Waals surface area (Å²) < 4.78 is 10.8. The first-order valence-corrected chi connectivity index (χ1v) is 6.30. The van der Waals surface area contributed by atoms with Crippen molar-refractivity contribution in [2.75, 3.05) is 7.11 Å². The molecule has 0 heterocycles. The molecule has 98 valence electrons. The molecule has 2 aromatic carbocycles. The minimum Gasteiger partial charge on any atom is -0.497 e. The van der Waals surface area contributed by atoms with E-state index in [1.165, 1.54) is 0 Å². The number of ether oxygens (including phenoxy) is 2. The van der Waals surface area contributed by atoms with Crippen LogP contribution in [0.25, 0.3) is 0 Å². The molecule has 2 aromatic rings. The van der Waals surface area contributed by atoms with Gasteiger partial charge in [-0.15, -0.1) is 0 Å². The Bertz CT molecular complexity index is 616. The van der Waals surface area contributed by atoms with Crippen molar-refractivity contribution >= 4 is 28.8 Å². The summed E-state index contributed by atoms with van der Waals surface area (Å²) in [4.78, 5) is 0.262. The van der Waals surface area contributed by atoms with Crippen LogP contribution >= 0.6 is 23.8 Å². The SMILES string of the molecule is COc1cccc(Oc2ccc(C(N)=S)c(Cl)c2)c1. The summed E-state index contributed by atoms with van der Waals surface area (Å²) in [6, 6.07) is 12.5. The third kappa shape index (κ3) is 3.36. The van der Waals surface area contributed by atoms with E-state index in [2.05, 4.69) is 0 Å². The van der Waals surface area contributed by atoms with Crippen LogP contribution in [0.3, 0.4) is 0 Å². The summed E-state index contributed by atoms with van der Waals surface area (Å²) in [7, 11) is 1.60. The first-order valence-electron chi connectivity index (χ1n) is 5.51. The monoisotopic (exact) mass is 293 g/mol. The maximum atomic E-state index is 6.08. The fourth-order valence-corrected chi connectivity index (χ4v) is 2.07. The quantitative estimate of drug-likeness (QED) is 0.872. The normalized spacial score (nSPS) is 10.0. The zero-order chi connectivity index (χ0) is 13.8. The van der Waals surface area contributed by atoms with Crippen LogP contribution in [0.1, 0.15) is 5.56 Å². The number of methoxy groups -OCH3 is 1. The zero-order valence-corrected chi connectivity index (χ0v) is 11.8. The molecule has 0 fully saturated rings. The van der Waals surface area contributed by atoms with E-state index >= 15 is 0 Å². The van der Waals surface area contributed by atoms with Gasteiger partial charge in [-0.3, -0.25) is 0 Å². The van der Waals surface area contributed by atoms with E-state index in [-0.39, 0.29) is 4.99 Å². The van der Waals surface area contributed by atoms with Gasteiger partial charge in [-0.05, 0) is 24.3 Å². The van der Waals surface area contributed by atoms with Crippen LogP contribution in [-0.2, 0) is 0 Å². The maximum Gasteiger partial charge on any atom is 0.131 e. The predicted molar refractivity (Wildman–Crippen MR) is 80.4 cm³/mol. The number of hydrogen-bond donors (Lipinski definition) is 1. The molecule has 2 N–H and O–H groups in total. The average Bonchev–Trinajstić information content (AvgIpc) is 2.38. The molecule has 0 bridgehead atoms. The van der Waals surface area contributed by atoms with E-state index in [0.29, 0.717) is 22.1 Å². The van der Waals surface area contributed by atoms with E-state index < -0.39 is 0 Å². The van der Waals surface area contributed by atoms with Gasteiger partial charge in [-0.2, -0.15) is 0 Å². The van der Waals surface area contributed by atoms with Gasteiger partial charge in [-0.25, -0.2) is 0 Å². The number of nitrogens with two attached hydrogens (primary N) is 1. The lowest BCUT2D eigenvalue weighted by molar-refractivity contribution is 0.409. The highest BCUT2D eigenvalue weighted by molar-refractivity contribution is 7.80. The number of benzene rings is 2. The topological polar surface area (TPSA) is 44.5 Å². The molecule has 2 rings (SSSR count). The van der Waals surface area contributed by atoms with Crippen molar-refractivity contribution in [1.82, 2.24) is 0 Å². The summed E-state index contributed by atoms with van der Waals surface area (Å²) in [6.45, 7) is 0. The Morgan fingerprint density at radius 2 is 1.79 bits per heavy atom. The van der Waals surface area contributed by atoms with E-state index in [1.54, 1.807) is 31.4 Å². The Morgan fingerprint density at radius 1 is 1.11 bits per heavy atom. The van der Waals surface area contributed by atoms with E-state index in [0.717, 1.165) is 5.75 Å². The Balaban J connectivity index is 2.23. The molecule has 0 saturated heterocycles.